The summed E-state index contributed by atoms with van der Waals surface area (Å²) in [6, 6.07) is 3.74. The molecule has 0 aliphatic heterocycles. The topological polar surface area (TPSA) is 101 Å². The van der Waals surface area contributed by atoms with Crippen molar-refractivity contribution in [2.75, 3.05) is 5.75 Å². The van der Waals surface area contributed by atoms with Gasteiger partial charge in [0.1, 0.15) is 0 Å². The summed E-state index contributed by atoms with van der Waals surface area (Å²) < 4.78 is 1.44. The number of nitrogens with zero attached hydrogens (tertiary/aromatic N) is 3. The van der Waals surface area contributed by atoms with Gasteiger partial charge in [-0.05, 0) is 24.1 Å². The van der Waals surface area contributed by atoms with Gasteiger partial charge in [-0.2, -0.15) is 0 Å². The number of aromatic amines is 1. The zero-order valence-electron chi connectivity index (χ0n) is 9.94. The summed E-state index contributed by atoms with van der Waals surface area (Å²) in [5.74, 6) is -1.07. The number of rotatable bonds is 6. The van der Waals surface area contributed by atoms with Crippen LogP contribution < -0.4 is 5.69 Å². The lowest BCUT2D eigenvalue weighted by molar-refractivity contribution is -0.133. The van der Waals surface area contributed by atoms with Crippen LogP contribution in [0.3, 0.4) is 0 Å². The fourth-order valence-corrected chi connectivity index (χ4v) is 2.22. The Morgan fingerprint density at radius 2 is 2.16 bits per heavy atom. The van der Waals surface area contributed by atoms with Crippen LogP contribution in [0.4, 0.5) is 0 Å². The first-order valence-corrected chi connectivity index (χ1v) is 6.54. The van der Waals surface area contributed by atoms with Gasteiger partial charge in [-0.1, -0.05) is 11.8 Å². The summed E-state index contributed by atoms with van der Waals surface area (Å²) >= 11 is 1.02. The molecule has 0 saturated carbocycles. The molecule has 0 radical (unpaired) electrons. The highest BCUT2D eigenvalue weighted by molar-refractivity contribution is 7.99. The molecule has 0 bridgehead atoms. The molecular weight excluding hydrogens is 268 g/mol. The Morgan fingerprint density at radius 1 is 1.42 bits per heavy atom. The monoisotopic (exact) mass is 280 g/mol. The highest BCUT2D eigenvalue weighted by Gasteiger charge is 2.10. The highest BCUT2D eigenvalue weighted by Crippen LogP contribution is 2.13. The molecule has 0 aromatic carbocycles. The van der Waals surface area contributed by atoms with Gasteiger partial charge in [0.05, 0.1) is 5.75 Å². The van der Waals surface area contributed by atoms with Crippen LogP contribution in [-0.2, 0) is 17.8 Å². The molecule has 0 amide bonds. The van der Waals surface area contributed by atoms with Crippen LogP contribution in [0.1, 0.15) is 5.56 Å². The van der Waals surface area contributed by atoms with Gasteiger partial charge >= 0.3 is 11.7 Å². The van der Waals surface area contributed by atoms with Gasteiger partial charge in [0.2, 0.25) is 0 Å². The van der Waals surface area contributed by atoms with E-state index in [2.05, 4.69) is 15.2 Å². The van der Waals surface area contributed by atoms with Crippen LogP contribution in [0.5, 0.6) is 0 Å². The number of aromatic nitrogens is 4. The largest absolute Gasteiger partial charge is 0.481 e. The average Bonchev–Trinajstić information content (AvgIpc) is 2.76. The van der Waals surface area contributed by atoms with E-state index in [1.165, 1.54) is 4.57 Å². The van der Waals surface area contributed by atoms with Gasteiger partial charge in [-0.3, -0.25) is 14.3 Å². The number of thioether (sulfide) groups is 1. The molecule has 8 heteroatoms. The summed E-state index contributed by atoms with van der Waals surface area (Å²) in [6.07, 6.45) is 4.03. The Hall–Kier alpha value is -2.09. The molecule has 19 heavy (non-hydrogen) atoms. The molecule has 0 spiro atoms. The van der Waals surface area contributed by atoms with Crippen LogP contribution in [0, 0.1) is 0 Å². The van der Waals surface area contributed by atoms with E-state index in [1.54, 1.807) is 12.4 Å². The number of carboxylic acids is 1. The Bertz CT molecular complexity index is 608. The van der Waals surface area contributed by atoms with Gasteiger partial charge < -0.3 is 5.11 Å². The molecule has 0 saturated heterocycles. The third-order valence-electron chi connectivity index (χ3n) is 2.42. The van der Waals surface area contributed by atoms with Crippen molar-refractivity contribution < 1.29 is 9.90 Å². The lowest BCUT2D eigenvalue weighted by Crippen LogP contribution is -2.19. The number of hydrogen-bond donors (Lipinski definition) is 2. The van der Waals surface area contributed by atoms with E-state index in [9.17, 15) is 9.59 Å². The maximum Gasteiger partial charge on any atom is 0.343 e. The van der Waals surface area contributed by atoms with E-state index in [4.69, 9.17) is 5.11 Å². The molecule has 7 nitrogen and oxygen atoms in total. The summed E-state index contributed by atoms with van der Waals surface area (Å²) in [6.45, 7) is 0.446. The minimum absolute atomic E-state index is 0.125. The van der Waals surface area contributed by atoms with Gasteiger partial charge in [0.25, 0.3) is 0 Å². The van der Waals surface area contributed by atoms with Crippen molar-refractivity contribution in [3.8, 4) is 0 Å². The molecule has 2 rings (SSSR count). The van der Waals surface area contributed by atoms with Crippen LogP contribution in [0.25, 0.3) is 0 Å². The number of nitrogens with one attached hydrogen (secondary N) is 1. The van der Waals surface area contributed by atoms with E-state index in [-0.39, 0.29) is 11.4 Å². The lowest BCUT2D eigenvalue weighted by atomic mass is 10.2. The Balaban J connectivity index is 2.05. The molecule has 2 N–H and O–H groups in total. The van der Waals surface area contributed by atoms with E-state index < -0.39 is 5.97 Å². The second-order valence-electron chi connectivity index (χ2n) is 3.75. The Morgan fingerprint density at radius 3 is 2.84 bits per heavy atom. The molecular formula is C11H12N4O3S. The maximum absolute atomic E-state index is 11.6. The number of aliphatic carboxylic acids is 1. The molecule has 0 aliphatic rings. The summed E-state index contributed by atoms with van der Waals surface area (Å²) in [7, 11) is 0. The van der Waals surface area contributed by atoms with E-state index in [1.807, 2.05) is 12.1 Å². The first kappa shape index (κ1) is 13.3. The van der Waals surface area contributed by atoms with Crippen molar-refractivity contribution in [2.24, 2.45) is 0 Å². The van der Waals surface area contributed by atoms with Gasteiger partial charge in [-0.25, -0.2) is 9.89 Å². The Labute approximate surface area is 112 Å². The highest BCUT2D eigenvalue weighted by atomic mass is 32.2. The molecule has 2 aromatic heterocycles. The maximum atomic E-state index is 11.6. The van der Waals surface area contributed by atoms with E-state index in [0.717, 1.165) is 17.3 Å². The van der Waals surface area contributed by atoms with Gasteiger partial charge in [0, 0.05) is 18.9 Å². The lowest BCUT2D eigenvalue weighted by Gasteiger charge is -2.04. The molecule has 0 fully saturated rings. The summed E-state index contributed by atoms with van der Waals surface area (Å²) in [4.78, 5) is 26.0. The molecule has 100 valence electrons. The van der Waals surface area contributed by atoms with Gasteiger partial charge in [0.15, 0.2) is 5.16 Å². The van der Waals surface area contributed by atoms with Crippen molar-refractivity contribution in [1.29, 1.82) is 0 Å². The quantitative estimate of drug-likeness (QED) is 0.742. The van der Waals surface area contributed by atoms with Crippen LogP contribution in [0.15, 0.2) is 34.5 Å². The minimum Gasteiger partial charge on any atom is -0.481 e. The third kappa shape index (κ3) is 3.68. The van der Waals surface area contributed by atoms with Gasteiger partial charge in [-0.15, -0.1) is 5.10 Å². The molecule has 0 atom stereocenters. The van der Waals surface area contributed by atoms with Crippen molar-refractivity contribution in [3.63, 3.8) is 0 Å². The van der Waals surface area contributed by atoms with Crippen molar-refractivity contribution in [3.05, 3.63) is 40.6 Å². The minimum atomic E-state index is -0.943. The second kappa shape index (κ2) is 6.19. The Kier molecular flexibility index (Phi) is 4.35. The predicted molar refractivity (Wildman–Crippen MR) is 69.1 cm³/mol. The molecule has 2 heterocycles. The van der Waals surface area contributed by atoms with Crippen LogP contribution in [0.2, 0.25) is 0 Å². The fraction of sp³-hybridized carbons (Fsp3) is 0.273. The number of aryl methyl sites for hydroxylation is 1. The van der Waals surface area contributed by atoms with Crippen LogP contribution >= 0.6 is 11.8 Å². The second-order valence-corrected chi connectivity index (χ2v) is 4.69. The van der Waals surface area contributed by atoms with Crippen LogP contribution in [-0.4, -0.2) is 36.6 Å². The number of carboxylic acid groups (broad SMARTS) is 1. The van der Waals surface area contributed by atoms with Crippen molar-refractivity contribution in [1.82, 2.24) is 19.7 Å². The zero-order chi connectivity index (χ0) is 13.7. The van der Waals surface area contributed by atoms with E-state index in [0.29, 0.717) is 18.1 Å². The van der Waals surface area contributed by atoms with Crippen molar-refractivity contribution >= 4 is 17.7 Å². The molecule has 2 aromatic rings. The standard InChI is InChI=1S/C11H12N4O3S/c16-9(17)7-19-11-14-13-10(18)15(11)6-3-8-1-4-12-5-2-8/h1-2,4-5H,3,6-7H2,(H,13,18)(H,16,17). The summed E-state index contributed by atoms with van der Waals surface area (Å²) in [5.41, 5.74) is 0.722. The zero-order valence-corrected chi connectivity index (χ0v) is 10.8. The summed E-state index contributed by atoms with van der Waals surface area (Å²) in [5, 5.41) is 15.2. The third-order valence-corrected chi connectivity index (χ3v) is 3.38. The average molecular weight is 280 g/mol. The van der Waals surface area contributed by atoms with Crippen molar-refractivity contribution in [2.45, 2.75) is 18.1 Å². The number of carbonyl (C=O) groups is 1. The number of pyridine rings is 1. The van der Waals surface area contributed by atoms with E-state index >= 15 is 0 Å². The molecule has 0 aliphatic carbocycles. The number of H-pyrrole nitrogens is 1. The predicted octanol–water partition coefficient (Wildman–Crippen LogP) is 0.386. The first-order chi connectivity index (χ1) is 9.16. The first-order valence-electron chi connectivity index (χ1n) is 5.55. The normalized spacial score (nSPS) is 10.5. The smallest absolute Gasteiger partial charge is 0.343 e. The SMILES string of the molecule is O=C(O)CSc1n[nH]c(=O)n1CCc1ccncc1. The molecule has 0 unspecified atom stereocenters. The number of hydrogen-bond acceptors (Lipinski definition) is 5. The fourth-order valence-electron chi connectivity index (χ4n) is 1.53.